The number of allylic oxidation sites excluding steroid dienone is 2. The summed E-state index contributed by atoms with van der Waals surface area (Å²) in [6.07, 6.45) is 1.92. The predicted molar refractivity (Wildman–Crippen MR) is 74.3 cm³/mol. The molecule has 0 saturated heterocycles. The lowest BCUT2D eigenvalue weighted by atomic mass is 9.96. The standard InChI is InChI=1S/C15H22N2O/c1-10(2)11(3)13-9-18-8-12-7-16-17(14(12)13)15(4,5)6/h7H,1,8-9H2,2-6H3/b13-11+. The van der Waals surface area contributed by atoms with E-state index in [1.54, 1.807) is 0 Å². The first-order chi connectivity index (χ1) is 8.32. The minimum Gasteiger partial charge on any atom is -0.372 e. The fourth-order valence-electron chi connectivity index (χ4n) is 2.19. The van der Waals surface area contributed by atoms with Crippen molar-refractivity contribution in [2.45, 2.75) is 46.8 Å². The van der Waals surface area contributed by atoms with Gasteiger partial charge in [0.2, 0.25) is 0 Å². The second kappa shape index (κ2) is 4.39. The maximum Gasteiger partial charge on any atom is 0.0758 e. The van der Waals surface area contributed by atoms with Crippen LogP contribution >= 0.6 is 0 Å². The van der Waals surface area contributed by atoms with Gasteiger partial charge in [-0.3, -0.25) is 4.68 Å². The molecule has 0 unspecified atom stereocenters. The van der Waals surface area contributed by atoms with Crippen molar-refractivity contribution in [2.24, 2.45) is 0 Å². The second-order valence-corrected chi connectivity index (χ2v) is 5.98. The van der Waals surface area contributed by atoms with E-state index in [1.807, 2.05) is 13.1 Å². The Morgan fingerprint density at radius 1 is 1.33 bits per heavy atom. The molecule has 0 bridgehead atoms. The zero-order valence-electron chi connectivity index (χ0n) is 12.0. The van der Waals surface area contributed by atoms with Crippen molar-refractivity contribution in [1.29, 1.82) is 0 Å². The van der Waals surface area contributed by atoms with Crippen LogP contribution in [0.15, 0.2) is 23.9 Å². The minimum atomic E-state index is -0.0223. The third-order valence-electron chi connectivity index (χ3n) is 3.36. The smallest absolute Gasteiger partial charge is 0.0758 e. The highest BCUT2D eigenvalue weighted by Crippen LogP contribution is 2.33. The van der Waals surface area contributed by atoms with E-state index in [9.17, 15) is 0 Å². The van der Waals surface area contributed by atoms with Gasteiger partial charge in [0, 0.05) is 11.1 Å². The van der Waals surface area contributed by atoms with Crippen molar-refractivity contribution < 1.29 is 4.74 Å². The van der Waals surface area contributed by atoms with Gasteiger partial charge in [0.1, 0.15) is 0 Å². The fraction of sp³-hybridized carbons (Fsp3) is 0.533. The van der Waals surface area contributed by atoms with Crippen LogP contribution in [0.2, 0.25) is 0 Å². The molecule has 0 aromatic carbocycles. The van der Waals surface area contributed by atoms with Crippen LogP contribution in [0, 0.1) is 0 Å². The van der Waals surface area contributed by atoms with Gasteiger partial charge in [0.25, 0.3) is 0 Å². The van der Waals surface area contributed by atoms with Gasteiger partial charge in [0.05, 0.1) is 30.6 Å². The van der Waals surface area contributed by atoms with Crippen LogP contribution < -0.4 is 0 Å². The first kappa shape index (κ1) is 13.1. The summed E-state index contributed by atoms with van der Waals surface area (Å²) in [7, 11) is 0. The lowest BCUT2D eigenvalue weighted by molar-refractivity contribution is 0.144. The highest BCUT2D eigenvalue weighted by Gasteiger charge is 2.27. The molecule has 1 aliphatic rings. The Labute approximate surface area is 109 Å². The largest absolute Gasteiger partial charge is 0.372 e. The first-order valence-corrected chi connectivity index (χ1v) is 6.33. The molecule has 18 heavy (non-hydrogen) atoms. The van der Waals surface area contributed by atoms with E-state index >= 15 is 0 Å². The van der Waals surface area contributed by atoms with Gasteiger partial charge in [-0.25, -0.2) is 0 Å². The van der Waals surface area contributed by atoms with Crippen LogP contribution in [-0.4, -0.2) is 16.4 Å². The van der Waals surface area contributed by atoms with Gasteiger partial charge in [-0.2, -0.15) is 5.10 Å². The summed E-state index contributed by atoms with van der Waals surface area (Å²) >= 11 is 0. The highest BCUT2D eigenvalue weighted by molar-refractivity contribution is 5.73. The average molecular weight is 246 g/mol. The Bertz CT molecular complexity index is 515. The lowest BCUT2D eigenvalue weighted by Crippen LogP contribution is -2.27. The maximum absolute atomic E-state index is 5.65. The Balaban J connectivity index is 2.65. The van der Waals surface area contributed by atoms with Crippen LogP contribution in [0.25, 0.3) is 5.57 Å². The molecule has 3 nitrogen and oxygen atoms in total. The lowest BCUT2D eigenvalue weighted by Gasteiger charge is -2.27. The van der Waals surface area contributed by atoms with Crippen molar-refractivity contribution in [3.63, 3.8) is 0 Å². The van der Waals surface area contributed by atoms with Gasteiger partial charge in [-0.1, -0.05) is 12.2 Å². The number of hydrogen-bond acceptors (Lipinski definition) is 2. The van der Waals surface area contributed by atoms with Gasteiger partial charge < -0.3 is 4.74 Å². The molecule has 1 aliphatic heterocycles. The van der Waals surface area contributed by atoms with Crippen LogP contribution in [-0.2, 0) is 16.9 Å². The van der Waals surface area contributed by atoms with Crippen molar-refractivity contribution in [3.05, 3.63) is 35.2 Å². The third kappa shape index (κ3) is 2.15. The third-order valence-corrected chi connectivity index (χ3v) is 3.36. The summed E-state index contributed by atoms with van der Waals surface area (Å²) < 4.78 is 7.76. The summed E-state index contributed by atoms with van der Waals surface area (Å²) in [5.74, 6) is 0. The van der Waals surface area contributed by atoms with Gasteiger partial charge in [-0.15, -0.1) is 0 Å². The number of hydrogen-bond donors (Lipinski definition) is 0. The average Bonchev–Trinajstić information content (AvgIpc) is 2.70. The fourth-order valence-corrected chi connectivity index (χ4v) is 2.19. The molecule has 1 aromatic rings. The molecule has 0 fully saturated rings. The molecule has 0 saturated carbocycles. The van der Waals surface area contributed by atoms with E-state index in [1.165, 1.54) is 22.4 Å². The summed E-state index contributed by atoms with van der Waals surface area (Å²) in [6.45, 7) is 16.0. The molecule has 0 amide bonds. The van der Waals surface area contributed by atoms with Crippen molar-refractivity contribution in [2.75, 3.05) is 6.61 Å². The molecular weight excluding hydrogens is 224 g/mol. The van der Waals surface area contributed by atoms with Gasteiger partial charge in [-0.05, 0) is 40.2 Å². The van der Waals surface area contributed by atoms with Crippen LogP contribution in [0.3, 0.4) is 0 Å². The summed E-state index contributed by atoms with van der Waals surface area (Å²) in [4.78, 5) is 0. The van der Waals surface area contributed by atoms with Gasteiger partial charge in [0.15, 0.2) is 0 Å². The Morgan fingerprint density at radius 2 is 2.00 bits per heavy atom. The Hall–Kier alpha value is -1.35. The van der Waals surface area contributed by atoms with E-state index in [2.05, 4.69) is 44.1 Å². The molecule has 0 spiro atoms. The van der Waals surface area contributed by atoms with Crippen molar-refractivity contribution >= 4 is 5.57 Å². The molecule has 2 rings (SSSR count). The van der Waals surface area contributed by atoms with E-state index in [0.717, 1.165) is 5.57 Å². The zero-order chi connectivity index (χ0) is 13.5. The topological polar surface area (TPSA) is 27.1 Å². The Morgan fingerprint density at radius 3 is 2.56 bits per heavy atom. The first-order valence-electron chi connectivity index (χ1n) is 6.33. The molecular formula is C15H22N2O. The minimum absolute atomic E-state index is 0.0223. The SMILES string of the molecule is C=C(C)/C(C)=C1\COCc2cnn(C(C)(C)C)c21. The quantitative estimate of drug-likeness (QED) is 0.758. The van der Waals surface area contributed by atoms with Crippen molar-refractivity contribution in [3.8, 4) is 0 Å². The molecule has 2 heterocycles. The van der Waals surface area contributed by atoms with Crippen LogP contribution in [0.4, 0.5) is 0 Å². The summed E-state index contributed by atoms with van der Waals surface area (Å²) in [5, 5.41) is 4.53. The number of rotatable bonds is 1. The molecule has 0 aliphatic carbocycles. The zero-order valence-corrected chi connectivity index (χ0v) is 12.0. The summed E-state index contributed by atoms with van der Waals surface area (Å²) in [5.41, 5.74) is 5.88. The number of aromatic nitrogens is 2. The van der Waals surface area contributed by atoms with Gasteiger partial charge >= 0.3 is 0 Å². The van der Waals surface area contributed by atoms with E-state index < -0.39 is 0 Å². The van der Waals surface area contributed by atoms with Crippen molar-refractivity contribution in [1.82, 2.24) is 9.78 Å². The maximum atomic E-state index is 5.65. The molecule has 1 aromatic heterocycles. The molecule has 98 valence electrons. The second-order valence-electron chi connectivity index (χ2n) is 5.98. The monoisotopic (exact) mass is 246 g/mol. The van der Waals surface area contributed by atoms with E-state index in [4.69, 9.17) is 4.74 Å². The molecule has 0 radical (unpaired) electrons. The highest BCUT2D eigenvalue weighted by atomic mass is 16.5. The van der Waals surface area contributed by atoms with E-state index in [-0.39, 0.29) is 5.54 Å². The van der Waals surface area contributed by atoms with Crippen LogP contribution in [0.5, 0.6) is 0 Å². The predicted octanol–water partition coefficient (Wildman–Crippen LogP) is 3.52. The number of ether oxygens (including phenoxy) is 1. The summed E-state index contributed by atoms with van der Waals surface area (Å²) in [6, 6.07) is 0. The number of fused-ring (bicyclic) bond motifs is 1. The number of nitrogens with zero attached hydrogens (tertiary/aromatic N) is 2. The molecule has 0 atom stereocenters. The Kier molecular flexibility index (Phi) is 3.20. The van der Waals surface area contributed by atoms with Crippen LogP contribution in [0.1, 0.15) is 45.9 Å². The van der Waals surface area contributed by atoms with E-state index in [0.29, 0.717) is 13.2 Å². The normalized spacial score (nSPS) is 18.5. The molecule has 0 N–H and O–H groups in total. The molecule has 3 heteroatoms.